The number of carbonyl (C=O) groups is 2. The smallest absolute Gasteiger partial charge is 0.410 e. The van der Waals surface area contributed by atoms with E-state index in [1.807, 2.05) is 39.5 Å². The number of piperidine rings is 1. The summed E-state index contributed by atoms with van der Waals surface area (Å²) in [6.07, 6.45) is 1.57. The fourth-order valence-corrected chi connectivity index (χ4v) is 3.23. The van der Waals surface area contributed by atoms with Crippen molar-refractivity contribution in [3.8, 4) is 0 Å². The van der Waals surface area contributed by atoms with Crippen LogP contribution in [0.15, 0.2) is 0 Å². The predicted molar refractivity (Wildman–Crippen MR) is 68.2 cm³/mol. The lowest BCUT2D eigenvalue weighted by atomic mass is 9.84. The van der Waals surface area contributed by atoms with Gasteiger partial charge in [-0.2, -0.15) is 0 Å². The summed E-state index contributed by atoms with van der Waals surface area (Å²) in [6, 6.07) is 0.0714. The van der Waals surface area contributed by atoms with Crippen LogP contribution in [-0.2, 0) is 9.53 Å². The molecule has 1 amide bonds. The fraction of sp³-hybridized carbons (Fsp3) is 0.857. The van der Waals surface area contributed by atoms with Gasteiger partial charge in [0.05, 0.1) is 0 Å². The van der Waals surface area contributed by atoms with Crippen LogP contribution in [0, 0.1) is 11.8 Å². The van der Waals surface area contributed by atoms with Gasteiger partial charge in [-0.25, -0.2) is 4.79 Å². The maximum absolute atomic E-state index is 12.3. The van der Waals surface area contributed by atoms with Gasteiger partial charge >= 0.3 is 6.09 Å². The molecule has 2 bridgehead atoms. The Labute approximate surface area is 109 Å². The normalized spacial score (nSPS) is 35.8. The molecular formula is C14H23NO3. The van der Waals surface area contributed by atoms with Gasteiger partial charge in [0.25, 0.3) is 0 Å². The van der Waals surface area contributed by atoms with Gasteiger partial charge in [-0.1, -0.05) is 13.8 Å². The first-order valence-corrected chi connectivity index (χ1v) is 6.77. The average Bonchev–Trinajstić information content (AvgIpc) is 2.63. The monoisotopic (exact) mass is 253 g/mol. The third kappa shape index (κ3) is 2.13. The molecule has 0 aromatic carbocycles. The van der Waals surface area contributed by atoms with Gasteiger partial charge in [0.1, 0.15) is 11.4 Å². The molecular weight excluding hydrogens is 230 g/mol. The summed E-state index contributed by atoms with van der Waals surface area (Å²) in [5, 5.41) is 0. The van der Waals surface area contributed by atoms with Crippen LogP contribution >= 0.6 is 0 Å². The molecule has 2 saturated heterocycles. The van der Waals surface area contributed by atoms with E-state index in [9.17, 15) is 9.59 Å². The van der Waals surface area contributed by atoms with Crippen LogP contribution in [0.1, 0.15) is 47.5 Å². The molecule has 18 heavy (non-hydrogen) atoms. The minimum atomic E-state index is -0.482. The summed E-state index contributed by atoms with van der Waals surface area (Å²) in [5.74, 6) is 0.167. The Bertz CT molecular complexity index is 352. The predicted octanol–water partition coefficient (Wildman–Crippen LogP) is 2.61. The molecule has 2 rings (SSSR count). The van der Waals surface area contributed by atoms with E-state index in [2.05, 4.69) is 0 Å². The second kappa shape index (κ2) is 4.25. The molecule has 0 aromatic rings. The molecule has 4 unspecified atom stereocenters. The van der Waals surface area contributed by atoms with E-state index in [-0.39, 0.29) is 30.0 Å². The first kappa shape index (κ1) is 13.4. The molecule has 0 radical (unpaired) electrons. The maximum atomic E-state index is 12.3. The van der Waals surface area contributed by atoms with E-state index in [0.29, 0.717) is 5.78 Å². The number of ketones is 1. The molecule has 2 aliphatic rings. The van der Waals surface area contributed by atoms with Gasteiger partial charge in [-0.3, -0.25) is 4.79 Å². The number of nitrogens with zero attached hydrogens (tertiary/aromatic N) is 1. The topological polar surface area (TPSA) is 46.6 Å². The number of fused-ring (bicyclic) bond motifs is 2. The van der Waals surface area contributed by atoms with Gasteiger partial charge < -0.3 is 9.64 Å². The highest BCUT2D eigenvalue weighted by Crippen LogP contribution is 2.40. The van der Waals surface area contributed by atoms with Crippen molar-refractivity contribution in [2.75, 3.05) is 0 Å². The third-order valence-electron chi connectivity index (χ3n) is 4.13. The van der Waals surface area contributed by atoms with Crippen molar-refractivity contribution < 1.29 is 14.3 Å². The van der Waals surface area contributed by atoms with Crippen molar-refractivity contribution in [1.29, 1.82) is 0 Å². The zero-order chi connectivity index (χ0) is 13.7. The Kier molecular flexibility index (Phi) is 3.16. The summed E-state index contributed by atoms with van der Waals surface area (Å²) in [5.41, 5.74) is -0.482. The van der Waals surface area contributed by atoms with E-state index in [1.54, 1.807) is 0 Å². The maximum Gasteiger partial charge on any atom is 0.410 e. The second-order valence-electron chi connectivity index (χ2n) is 6.58. The van der Waals surface area contributed by atoms with E-state index < -0.39 is 5.60 Å². The number of Topliss-reactive ketones (excluding diaryl/α,β-unsaturated/α-hetero) is 1. The van der Waals surface area contributed by atoms with Crippen molar-refractivity contribution in [3.05, 3.63) is 0 Å². The summed E-state index contributed by atoms with van der Waals surface area (Å²) in [7, 11) is 0. The molecule has 0 aromatic heterocycles. The SMILES string of the molecule is CC1C(=O)C(C)C2CCC1N2C(=O)OC(C)(C)C. The molecule has 0 saturated carbocycles. The lowest BCUT2D eigenvalue weighted by Gasteiger charge is -2.41. The summed E-state index contributed by atoms with van der Waals surface area (Å²) < 4.78 is 5.47. The van der Waals surface area contributed by atoms with Crippen LogP contribution in [0.3, 0.4) is 0 Å². The molecule has 0 aliphatic carbocycles. The van der Waals surface area contributed by atoms with Gasteiger partial charge in [-0.15, -0.1) is 0 Å². The van der Waals surface area contributed by atoms with Crippen LogP contribution in [0.2, 0.25) is 0 Å². The minimum absolute atomic E-state index is 0.0357. The third-order valence-corrected chi connectivity index (χ3v) is 4.13. The van der Waals surface area contributed by atoms with E-state index in [1.165, 1.54) is 0 Å². The largest absolute Gasteiger partial charge is 0.444 e. The summed E-state index contributed by atoms with van der Waals surface area (Å²) >= 11 is 0. The van der Waals surface area contributed by atoms with Gasteiger partial charge in [0.2, 0.25) is 0 Å². The molecule has 2 heterocycles. The van der Waals surface area contributed by atoms with Crippen LogP contribution in [-0.4, -0.2) is 34.5 Å². The quantitative estimate of drug-likeness (QED) is 0.666. The van der Waals surface area contributed by atoms with Crippen molar-refractivity contribution in [2.45, 2.75) is 65.1 Å². The first-order valence-electron chi connectivity index (χ1n) is 6.77. The molecule has 0 spiro atoms. The fourth-order valence-electron chi connectivity index (χ4n) is 3.23. The molecule has 2 fully saturated rings. The summed E-state index contributed by atoms with van der Waals surface area (Å²) in [4.78, 5) is 26.1. The number of amides is 1. The van der Waals surface area contributed by atoms with Crippen LogP contribution in [0.5, 0.6) is 0 Å². The van der Waals surface area contributed by atoms with Crippen molar-refractivity contribution in [3.63, 3.8) is 0 Å². The molecule has 102 valence electrons. The highest BCUT2D eigenvalue weighted by molar-refractivity contribution is 5.87. The Morgan fingerprint density at radius 2 is 1.61 bits per heavy atom. The zero-order valence-electron chi connectivity index (χ0n) is 11.9. The van der Waals surface area contributed by atoms with Crippen LogP contribution in [0.25, 0.3) is 0 Å². The Morgan fingerprint density at radius 3 is 2.00 bits per heavy atom. The highest BCUT2D eigenvalue weighted by atomic mass is 16.6. The highest BCUT2D eigenvalue weighted by Gasteiger charge is 2.51. The summed E-state index contributed by atoms with van der Waals surface area (Å²) in [6.45, 7) is 9.48. The number of hydrogen-bond donors (Lipinski definition) is 0. The standard InChI is InChI=1S/C14H23NO3/c1-8-10-6-7-11(9(2)12(8)16)15(10)13(17)18-14(3,4)5/h8-11H,6-7H2,1-5H3. The van der Waals surface area contributed by atoms with Crippen LogP contribution < -0.4 is 0 Å². The Morgan fingerprint density at radius 1 is 1.17 bits per heavy atom. The Balaban J connectivity index is 2.20. The number of carbonyl (C=O) groups excluding carboxylic acids is 2. The minimum Gasteiger partial charge on any atom is -0.444 e. The van der Waals surface area contributed by atoms with E-state index in [0.717, 1.165) is 12.8 Å². The molecule has 4 heteroatoms. The molecule has 4 nitrogen and oxygen atoms in total. The number of ether oxygens (including phenoxy) is 1. The van der Waals surface area contributed by atoms with Gasteiger partial charge in [0, 0.05) is 23.9 Å². The lowest BCUT2D eigenvalue weighted by molar-refractivity contribution is -0.133. The van der Waals surface area contributed by atoms with Crippen molar-refractivity contribution >= 4 is 11.9 Å². The van der Waals surface area contributed by atoms with Gasteiger partial charge in [-0.05, 0) is 33.6 Å². The van der Waals surface area contributed by atoms with E-state index >= 15 is 0 Å². The lowest BCUT2D eigenvalue weighted by Crippen LogP contribution is -2.56. The number of hydrogen-bond acceptors (Lipinski definition) is 3. The second-order valence-corrected chi connectivity index (χ2v) is 6.58. The van der Waals surface area contributed by atoms with Crippen molar-refractivity contribution in [2.24, 2.45) is 11.8 Å². The number of rotatable bonds is 0. The molecule has 0 N–H and O–H groups in total. The average molecular weight is 253 g/mol. The first-order chi connectivity index (χ1) is 8.22. The van der Waals surface area contributed by atoms with Crippen LogP contribution in [0.4, 0.5) is 4.79 Å². The zero-order valence-corrected chi connectivity index (χ0v) is 11.9. The van der Waals surface area contributed by atoms with Crippen molar-refractivity contribution in [1.82, 2.24) is 4.90 Å². The Hall–Kier alpha value is -1.06. The van der Waals surface area contributed by atoms with E-state index in [4.69, 9.17) is 4.74 Å². The molecule has 4 atom stereocenters. The van der Waals surface area contributed by atoms with Gasteiger partial charge in [0.15, 0.2) is 0 Å². The molecule has 2 aliphatic heterocycles.